The van der Waals surface area contributed by atoms with Gasteiger partial charge in [-0.05, 0) is 24.1 Å². The average molecular weight is 350 g/mol. The minimum Gasteiger partial charge on any atom is -0.493 e. The van der Waals surface area contributed by atoms with Crippen LogP contribution in [0.3, 0.4) is 0 Å². The van der Waals surface area contributed by atoms with Crippen molar-refractivity contribution in [2.24, 2.45) is 0 Å². The van der Waals surface area contributed by atoms with Crippen molar-refractivity contribution >= 4 is 13.0 Å². The van der Waals surface area contributed by atoms with E-state index in [-0.39, 0.29) is 18.2 Å². The highest BCUT2D eigenvalue weighted by molar-refractivity contribution is 6.43. The normalized spacial score (nSPS) is 16.1. The molecule has 0 fully saturated rings. The zero-order valence-corrected chi connectivity index (χ0v) is 14.1. The third-order valence-corrected chi connectivity index (χ3v) is 4.53. The highest BCUT2D eigenvalue weighted by Gasteiger charge is 2.32. The van der Waals surface area contributed by atoms with E-state index in [0.717, 1.165) is 11.3 Å². The summed E-state index contributed by atoms with van der Waals surface area (Å²) in [6, 6.07) is 16.5. The zero-order valence-electron chi connectivity index (χ0n) is 14.1. The molecule has 3 rings (SSSR count). The van der Waals surface area contributed by atoms with E-state index in [4.69, 9.17) is 10.00 Å². The summed E-state index contributed by atoms with van der Waals surface area (Å²) in [6.45, 7) is 0.440. The first-order valence-corrected chi connectivity index (χ1v) is 8.43. The van der Waals surface area contributed by atoms with E-state index in [9.17, 15) is 14.8 Å². The third kappa shape index (κ3) is 4.05. The van der Waals surface area contributed by atoms with Gasteiger partial charge in [0.15, 0.2) is 0 Å². The maximum absolute atomic E-state index is 12.3. The molecule has 7 heteroatoms. The molecule has 1 heterocycles. The van der Waals surface area contributed by atoms with Crippen molar-refractivity contribution in [2.75, 3.05) is 6.61 Å². The van der Waals surface area contributed by atoms with E-state index in [2.05, 4.69) is 11.4 Å². The second-order valence-corrected chi connectivity index (χ2v) is 6.31. The van der Waals surface area contributed by atoms with Gasteiger partial charge in [0.2, 0.25) is 5.91 Å². The van der Waals surface area contributed by atoms with Crippen molar-refractivity contribution in [2.45, 2.75) is 24.7 Å². The Morgan fingerprint density at radius 2 is 2.00 bits per heavy atom. The highest BCUT2D eigenvalue weighted by atomic mass is 16.5. The lowest BCUT2D eigenvalue weighted by atomic mass is 9.73. The van der Waals surface area contributed by atoms with Gasteiger partial charge in [-0.15, -0.1) is 0 Å². The molecule has 0 spiro atoms. The molecule has 0 radical (unpaired) electrons. The van der Waals surface area contributed by atoms with Gasteiger partial charge in [-0.25, -0.2) is 0 Å². The first kappa shape index (κ1) is 18.0. The Hall–Kier alpha value is -2.82. The Balaban J connectivity index is 1.66. The van der Waals surface area contributed by atoms with E-state index in [1.807, 2.05) is 24.3 Å². The fourth-order valence-corrected chi connectivity index (χ4v) is 3.20. The van der Waals surface area contributed by atoms with Gasteiger partial charge >= 0.3 is 7.12 Å². The number of nitrogens with one attached hydrogen (secondary N) is 1. The Labute approximate surface area is 152 Å². The van der Waals surface area contributed by atoms with Gasteiger partial charge in [0.25, 0.3) is 0 Å². The molecule has 2 aromatic rings. The van der Waals surface area contributed by atoms with Crippen LogP contribution in [0.1, 0.15) is 29.0 Å². The van der Waals surface area contributed by atoms with Crippen molar-refractivity contribution in [3.8, 4) is 11.8 Å². The molecule has 1 aliphatic rings. The minimum atomic E-state index is -1.68. The Bertz CT molecular complexity index is 834. The first-order chi connectivity index (χ1) is 12.6. The standard InChI is InChI=1S/C19H19BN2O4/c21-11-14-6-2-1-5-13(14)10-19(23)22-18(20(24)25)9-15-12-26-17-8-4-3-7-16(15)17/h1-8,15,18,24-25H,9-10,12H2,(H,22,23)/t15-,18?/m1/s1. The predicted molar refractivity (Wildman–Crippen MR) is 96.3 cm³/mol. The van der Waals surface area contributed by atoms with E-state index in [1.165, 1.54) is 0 Å². The molecule has 2 aromatic carbocycles. The quantitative estimate of drug-likeness (QED) is 0.679. The second kappa shape index (κ2) is 8.04. The van der Waals surface area contributed by atoms with Crippen LogP contribution >= 0.6 is 0 Å². The van der Waals surface area contributed by atoms with Crippen LogP contribution in [0.4, 0.5) is 0 Å². The number of hydrogen-bond donors (Lipinski definition) is 3. The summed E-state index contributed by atoms with van der Waals surface area (Å²) < 4.78 is 5.61. The molecule has 0 saturated heterocycles. The summed E-state index contributed by atoms with van der Waals surface area (Å²) in [6.07, 6.45) is 0.352. The van der Waals surface area contributed by atoms with Gasteiger partial charge in [-0.3, -0.25) is 4.79 Å². The van der Waals surface area contributed by atoms with E-state index in [0.29, 0.717) is 24.2 Å². The van der Waals surface area contributed by atoms with Crippen LogP contribution in [0.25, 0.3) is 0 Å². The van der Waals surface area contributed by atoms with Crippen LogP contribution < -0.4 is 10.1 Å². The minimum absolute atomic E-state index is 0.00467. The summed E-state index contributed by atoms with van der Waals surface area (Å²) in [5.41, 5.74) is 2.04. The number of carbonyl (C=O) groups is 1. The molecule has 6 nitrogen and oxygen atoms in total. The second-order valence-electron chi connectivity index (χ2n) is 6.31. The number of fused-ring (bicyclic) bond motifs is 1. The fourth-order valence-electron chi connectivity index (χ4n) is 3.20. The number of nitriles is 1. The molecule has 1 aliphatic heterocycles. The monoisotopic (exact) mass is 350 g/mol. The Kier molecular flexibility index (Phi) is 5.57. The van der Waals surface area contributed by atoms with Crippen LogP contribution in [0.5, 0.6) is 5.75 Å². The van der Waals surface area contributed by atoms with E-state index >= 15 is 0 Å². The number of amides is 1. The molecule has 0 aliphatic carbocycles. The topological polar surface area (TPSA) is 103 Å². The van der Waals surface area contributed by atoms with Gasteiger partial charge in [0.1, 0.15) is 5.75 Å². The summed E-state index contributed by atoms with van der Waals surface area (Å²) >= 11 is 0. The first-order valence-electron chi connectivity index (χ1n) is 8.43. The number of carbonyl (C=O) groups excluding carboxylic acids is 1. The van der Waals surface area contributed by atoms with Gasteiger partial charge in [0.05, 0.1) is 30.6 Å². The Morgan fingerprint density at radius 1 is 1.27 bits per heavy atom. The lowest BCUT2D eigenvalue weighted by Gasteiger charge is -2.21. The smallest absolute Gasteiger partial charge is 0.475 e. The van der Waals surface area contributed by atoms with Gasteiger partial charge in [-0.2, -0.15) is 5.26 Å². The van der Waals surface area contributed by atoms with E-state index < -0.39 is 13.1 Å². The fraction of sp³-hybridized carbons (Fsp3) is 0.263. The summed E-state index contributed by atoms with van der Waals surface area (Å²) in [4.78, 5) is 12.3. The summed E-state index contributed by atoms with van der Waals surface area (Å²) in [5.74, 6) is -0.419. The number of benzene rings is 2. The molecule has 1 amide bonds. The van der Waals surface area contributed by atoms with Crippen LogP contribution in [-0.4, -0.2) is 35.6 Å². The molecule has 2 atom stereocenters. The van der Waals surface area contributed by atoms with Gasteiger partial charge in [-0.1, -0.05) is 36.4 Å². The molecule has 0 aromatic heterocycles. The van der Waals surface area contributed by atoms with Crippen molar-refractivity contribution < 1.29 is 19.6 Å². The zero-order chi connectivity index (χ0) is 18.5. The number of nitrogens with zero attached hydrogens (tertiary/aromatic N) is 1. The highest BCUT2D eigenvalue weighted by Crippen LogP contribution is 2.36. The maximum Gasteiger partial charge on any atom is 0.475 e. The van der Waals surface area contributed by atoms with Crippen LogP contribution in [0.2, 0.25) is 0 Å². The van der Waals surface area contributed by atoms with E-state index in [1.54, 1.807) is 24.3 Å². The molecular weight excluding hydrogens is 331 g/mol. The molecule has 3 N–H and O–H groups in total. The largest absolute Gasteiger partial charge is 0.493 e. The SMILES string of the molecule is N#Cc1ccccc1CC(=O)NC(C[C@@H]1COc2ccccc21)B(O)O. The molecule has 0 bridgehead atoms. The molecule has 1 unspecified atom stereocenters. The van der Waals surface area contributed by atoms with Crippen molar-refractivity contribution in [3.05, 3.63) is 65.2 Å². The number of hydrogen-bond acceptors (Lipinski definition) is 5. The molecule has 0 saturated carbocycles. The maximum atomic E-state index is 12.3. The van der Waals surface area contributed by atoms with Crippen LogP contribution in [-0.2, 0) is 11.2 Å². The van der Waals surface area contributed by atoms with Gasteiger partial charge < -0.3 is 20.1 Å². The number of para-hydroxylation sites is 1. The van der Waals surface area contributed by atoms with Crippen LogP contribution in [0, 0.1) is 11.3 Å². The predicted octanol–water partition coefficient (Wildman–Crippen LogP) is 1.16. The molecular formula is C19H19BN2O4. The number of ether oxygens (including phenoxy) is 1. The van der Waals surface area contributed by atoms with Crippen molar-refractivity contribution in [1.29, 1.82) is 5.26 Å². The van der Waals surface area contributed by atoms with Gasteiger partial charge in [0, 0.05) is 11.5 Å². The lowest BCUT2D eigenvalue weighted by Crippen LogP contribution is -2.48. The lowest BCUT2D eigenvalue weighted by molar-refractivity contribution is -0.120. The van der Waals surface area contributed by atoms with Crippen molar-refractivity contribution in [1.82, 2.24) is 5.32 Å². The number of rotatable bonds is 6. The Morgan fingerprint density at radius 3 is 2.77 bits per heavy atom. The van der Waals surface area contributed by atoms with Crippen LogP contribution in [0.15, 0.2) is 48.5 Å². The summed E-state index contributed by atoms with van der Waals surface area (Å²) in [7, 11) is -1.68. The average Bonchev–Trinajstić information content (AvgIpc) is 3.04. The summed E-state index contributed by atoms with van der Waals surface area (Å²) in [5, 5.41) is 31.1. The molecule has 132 valence electrons. The molecule has 26 heavy (non-hydrogen) atoms. The van der Waals surface area contributed by atoms with Crippen molar-refractivity contribution in [3.63, 3.8) is 0 Å². The third-order valence-electron chi connectivity index (χ3n) is 4.53.